The van der Waals surface area contributed by atoms with Gasteiger partial charge >= 0.3 is 5.97 Å². The molecule has 0 spiro atoms. The van der Waals surface area contributed by atoms with Crippen LogP contribution in [0.2, 0.25) is 10.3 Å². The number of carbonyl (C=O) groups excluding carboxylic acids is 1. The van der Waals surface area contributed by atoms with Crippen molar-refractivity contribution in [3.8, 4) is 0 Å². The lowest BCUT2D eigenvalue weighted by Crippen LogP contribution is -2.24. The average Bonchev–Trinajstić information content (AvgIpc) is 2.90. The molecule has 1 fully saturated rings. The Labute approximate surface area is 132 Å². The van der Waals surface area contributed by atoms with E-state index in [4.69, 9.17) is 27.9 Å². The summed E-state index contributed by atoms with van der Waals surface area (Å²) in [7, 11) is 1.44. The van der Waals surface area contributed by atoms with Crippen molar-refractivity contribution in [3.63, 3.8) is 0 Å². The van der Waals surface area contributed by atoms with Crippen molar-refractivity contribution in [2.24, 2.45) is 5.92 Å². The number of halogens is 2. The molecule has 1 saturated carbocycles. The molecule has 0 aliphatic heterocycles. The molecule has 1 aliphatic carbocycles. The molecule has 2 heterocycles. The first-order valence-electron chi connectivity index (χ1n) is 6.86. The molecule has 21 heavy (non-hydrogen) atoms. The summed E-state index contributed by atoms with van der Waals surface area (Å²) in [6.45, 7) is 0. The van der Waals surface area contributed by atoms with Gasteiger partial charge in [-0.3, -0.25) is 4.79 Å². The number of fused-ring (bicyclic) bond motifs is 1. The van der Waals surface area contributed by atoms with E-state index >= 15 is 0 Å². The van der Waals surface area contributed by atoms with Crippen LogP contribution in [0.15, 0.2) is 12.4 Å². The van der Waals surface area contributed by atoms with E-state index in [9.17, 15) is 4.79 Å². The molecule has 7 heteroatoms. The molecule has 1 aliphatic rings. The van der Waals surface area contributed by atoms with Crippen molar-refractivity contribution in [3.05, 3.63) is 22.7 Å². The summed E-state index contributed by atoms with van der Waals surface area (Å²) in [4.78, 5) is 19.9. The van der Waals surface area contributed by atoms with Crippen molar-refractivity contribution < 1.29 is 9.53 Å². The Morgan fingerprint density at radius 2 is 2.05 bits per heavy atom. The van der Waals surface area contributed by atoms with E-state index in [1.165, 1.54) is 7.11 Å². The third-order valence-corrected chi connectivity index (χ3v) is 4.57. The Bertz CT molecular complexity index is 678. The highest BCUT2D eigenvalue weighted by Gasteiger charge is 2.28. The maximum absolute atomic E-state index is 11.6. The number of carbonyl (C=O) groups is 1. The molecule has 0 unspecified atom stereocenters. The summed E-state index contributed by atoms with van der Waals surface area (Å²) in [5.41, 5.74) is 1.55. The third-order valence-electron chi connectivity index (χ3n) is 4.11. The number of ether oxygens (including phenoxy) is 1. The Morgan fingerprint density at radius 1 is 1.33 bits per heavy atom. The van der Waals surface area contributed by atoms with Crippen LogP contribution < -0.4 is 0 Å². The third kappa shape index (κ3) is 2.72. The SMILES string of the molecule is COC(=O)[C@H]1CC[C@@H](n2cnc3c(Cl)nc(Cl)cc32)CC1. The molecule has 0 N–H and O–H groups in total. The second-order valence-electron chi connectivity index (χ2n) is 5.28. The summed E-state index contributed by atoms with van der Waals surface area (Å²) < 4.78 is 6.90. The van der Waals surface area contributed by atoms with E-state index in [1.54, 1.807) is 12.4 Å². The monoisotopic (exact) mass is 327 g/mol. The van der Waals surface area contributed by atoms with Crippen molar-refractivity contribution >= 4 is 40.2 Å². The standard InChI is InChI=1S/C14H15Cl2N3O2/c1-21-14(20)8-2-4-9(5-3-8)19-7-17-12-10(19)6-11(15)18-13(12)16/h6-9H,2-5H2,1H3/t8-,9+. The molecule has 2 aromatic rings. The number of esters is 1. The minimum absolute atomic E-state index is 0.00915. The van der Waals surface area contributed by atoms with Crippen LogP contribution in [0.5, 0.6) is 0 Å². The first-order chi connectivity index (χ1) is 10.1. The predicted octanol–water partition coefficient (Wildman–Crippen LogP) is 3.64. The van der Waals surface area contributed by atoms with Crippen molar-refractivity contribution in [1.29, 1.82) is 0 Å². The molecule has 2 aromatic heterocycles. The number of methoxy groups -OCH3 is 1. The quantitative estimate of drug-likeness (QED) is 0.624. The summed E-state index contributed by atoms with van der Waals surface area (Å²) in [6, 6.07) is 2.08. The molecular formula is C14H15Cl2N3O2. The van der Waals surface area contributed by atoms with Gasteiger partial charge in [-0.25, -0.2) is 9.97 Å². The molecular weight excluding hydrogens is 313 g/mol. The summed E-state index contributed by atoms with van der Waals surface area (Å²) >= 11 is 12.0. The van der Waals surface area contributed by atoms with Gasteiger partial charge in [0.15, 0.2) is 5.15 Å². The normalized spacial score (nSPS) is 22.4. The highest BCUT2D eigenvalue weighted by molar-refractivity contribution is 6.36. The minimum atomic E-state index is -0.112. The highest BCUT2D eigenvalue weighted by atomic mass is 35.5. The van der Waals surface area contributed by atoms with Gasteiger partial charge in [-0.2, -0.15) is 0 Å². The zero-order chi connectivity index (χ0) is 15.0. The molecule has 0 atom stereocenters. The zero-order valence-electron chi connectivity index (χ0n) is 11.6. The Balaban J connectivity index is 1.84. The number of hydrogen-bond acceptors (Lipinski definition) is 4. The van der Waals surface area contributed by atoms with Crippen molar-refractivity contribution in [2.75, 3.05) is 7.11 Å². The maximum Gasteiger partial charge on any atom is 0.308 e. The van der Waals surface area contributed by atoms with Crippen LogP contribution in [0.1, 0.15) is 31.7 Å². The van der Waals surface area contributed by atoms with E-state index in [0.29, 0.717) is 21.9 Å². The van der Waals surface area contributed by atoms with Gasteiger partial charge < -0.3 is 9.30 Å². The molecule has 0 amide bonds. The van der Waals surface area contributed by atoms with E-state index < -0.39 is 0 Å². The van der Waals surface area contributed by atoms with E-state index in [1.807, 2.05) is 0 Å². The van der Waals surface area contributed by atoms with Crippen LogP contribution in [-0.2, 0) is 9.53 Å². The van der Waals surface area contributed by atoms with Gasteiger partial charge in [0.1, 0.15) is 10.7 Å². The van der Waals surface area contributed by atoms with E-state index in [0.717, 1.165) is 31.2 Å². The van der Waals surface area contributed by atoms with Crippen LogP contribution >= 0.6 is 23.2 Å². The lowest BCUT2D eigenvalue weighted by molar-refractivity contribution is -0.146. The van der Waals surface area contributed by atoms with Gasteiger partial charge in [0.2, 0.25) is 0 Å². The van der Waals surface area contributed by atoms with Crippen LogP contribution in [0.4, 0.5) is 0 Å². The second-order valence-corrected chi connectivity index (χ2v) is 6.03. The molecule has 0 radical (unpaired) electrons. The van der Waals surface area contributed by atoms with E-state index in [-0.39, 0.29) is 11.9 Å². The molecule has 0 aromatic carbocycles. The van der Waals surface area contributed by atoms with E-state index in [2.05, 4.69) is 14.5 Å². The fraction of sp³-hybridized carbons (Fsp3) is 0.500. The first kappa shape index (κ1) is 14.6. The molecule has 112 valence electrons. The number of pyridine rings is 1. The minimum Gasteiger partial charge on any atom is -0.469 e. The lowest BCUT2D eigenvalue weighted by Gasteiger charge is -2.28. The second kappa shape index (κ2) is 5.81. The Hall–Kier alpha value is -1.33. The van der Waals surface area contributed by atoms with Gasteiger partial charge in [0.05, 0.1) is 24.9 Å². The van der Waals surface area contributed by atoms with Crippen LogP contribution in [0, 0.1) is 5.92 Å². The Morgan fingerprint density at radius 3 is 2.71 bits per heavy atom. The average molecular weight is 328 g/mol. The van der Waals surface area contributed by atoms with Gasteiger partial charge in [0, 0.05) is 12.1 Å². The smallest absolute Gasteiger partial charge is 0.308 e. The van der Waals surface area contributed by atoms with Gasteiger partial charge in [-0.05, 0) is 25.7 Å². The fourth-order valence-electron chi connectivity index (χ4n) is 3.01. The number of rotatable bonds is 2. The van der Waals surface area contributed by atoms with Crippen LogP contribution in [0.3, 0.4) is 0 Å². The zero-order valence-corrected chi connectivity index (χ0v) is 13.1. The van der Waals surface area contributed by atoms with Crippen molar-refractivity contribution in [2.45, 2.75) is 31.7 Å². The largest absolute Gasteiger partial charge is 0.469 e. The first-order valence-corrected chi connectivity index (χ1v) is 7.62. The molecule has 0 bridgehead atoms. The highest BCUT2D eigenvalue weighted by Crippen LogP contribution is 2.35. The number of hydrogen-bond donors (Lipinski definition) is 0. The van der Waals surface area contributed by atoms with Gasteiger partial charge in [-0.15, -0.1) is 0 Å². The number of imidazole rings is 1. The predicted molar refractivity (Wildman–Crippen MR) is 80.6 cm³/mol. The molecule has 0 saturated heterocycles. The summed E-state index contributed by atoms with van der Waals surface area (Å²) in [5.74, 6) is -0.103. The molecule has 5 nitrogen and oxygen atoms in total. The number of aromatic nitrogens is 3. The summed E-state index contributed by atoms with van der Waals surface area (Å²) in [5, 5.41) is 0.678. The van der Waals surface area contributed by atoms with Crippen molar-refractivity contribution in [1.82, 2.24) is 14.5 Å². The van der Waals surface area contributed by atoms with Gasteiger partial charge in [0.25, 0.3) is 0 Å². The lowest BCUT2D eigenvalue weighted by atomic mass is 9.86. The van der Waals surface area contributed by atoms with Crippen LogP contribution in [-0.4, -0.2) is 27.6 Å². The Kier molecular flexibility index (Phi) is 4.04. The maximum atomic E-state index is 11.6. The van der Waals surface area contributed by atoms with Gasteiger partial charge in [-0.1, -0.05) is 23.2 Å². The fourth-order valence-corrected chi connectivity index (χ4v) is 3.48. The van der Waals surface area contributed by atoms with Crippen LogP contribution in [0.25, 0.3) is 11.0 Å². The summed E-state index contributed by atoms with van der Waals surface area (Å²) in [6.07, 6.45) is 5.23. The molecule has 3 rings (SSSR count). The topological polar surface area (TPSA) is 57.0 Å². The number of nitrogens with zero attached hydrogens (tertiary/aromatic N) is 3.